The molecule has 3 aromatic carbocycles. The molecule has 0 N–H and O–H groups in total. The summed E-state index contributed by atoms with van der Waals surface area (Å²) in [6.45, 7) is 0.215. The Morgan fingerprint density at radius 3 is 2.12 bits per heavy atom. The first-order valence-electron chi connectivity index (χ1n) is 7.95. The van der Waals surface area contributed by atoms with Crippen molar-refractivity contribution in [1.82, 2.24) is 0 Å². The van der Waals surface area contributed by atoms with Crippen LogP contribution in [-0.2, 0) is 0 Å². The van der Waals surface area contributed by atoms with Crippen LogP contribution in [0.4, 0.5) is 0 Å². The highest BCUT2D eigenvalue weighted by atomic mass is 16.7. The van der Waals surface area contributed by atoms with E-state index >= 15 is 0 Å². The van der Waals surface area contributed by atoms with Crippen LogP contribution < -0.4 is 9.47 Å². The lowest BCUT2D eigenvalue weighted by atomic mass is 9.82. The molecule has 0 amide bonds. The number of benzene rings is 3. The average Bonchev–Trinajstić information content (AvgIpc) is 3.13. The fourth-order valence-electron chi connectivity index (χ4n) is 3.38. The summed E-state index contributed by atoms with van der Waals surface area (Å²) in [4.78, 5) is 25.0. The highest BCUT2D eigenvalue weighted by Gasteiger charge is 2.30. The molecule has 4 heteroatoms. The number of carbonyl (C=O) groups excluding carboxylic acids is 2. The second kappa shape index (κ2) is 5.05. The Labute approximate surface area is 143 Å². The van der Waals surface area contributed by atoms with Gasteiger partial charge in [0.1, 0.15) is 0 Å². The molecule has 3 aromatic rings. The van der Waals surface area contributed by atoms with E-state index in [1.165, 1.54) is 0 Å². The third-order valence-electron chi connectivity index (χ3n) is 4.64. The number of rotatable bonds is 1. The quantitative estimate of drug-likeness (QED) is 0.630. The van der Waals surface area contributed by atoms with Crippen molar-refractivity contribution in [1.29, 1.82) is 0 Å². The minimum Gasteiger partial charge on any atom is -0.454 e. The zero-order valence-electron chi connectivity index (χ0n) is 13.1. The summed E-state index contributed by atoms with van der Waals surface area (Å²) in [5, 5.41) is 0. The van der Waals surface area contributed by atoms with Gasteiger partial charge in [-0.25, -0.2) is 0 Å². The molecule has 25 heavy (non-hydrogen) atoms. The van der Waals surface area contributed by atoms with E-state index in [1.807, 2.05) is 42.5 Å². The summed E-state index contributed by atoms with van der Waals surface area (Å²) in [6, 6.07) is 18.5. The minimum absolute atomic E-state index is 0.215. The second-order valence-electron chi connectivity index (χ2n) is 6.03. The zero-order valence-corrected chi connectivity index (χ0v) is 13.1. The fourth-order valence-corrected chi connectivity index (χ4v) is 3.38. The lowest BCUT2D eigenvalue weighted by Crippen LogP contribution is -2.21. The summed E-state index contributed by atoms with van der Waals surface area (Å²) in [5.41, 5.74) is 4.28. The van der Waals surface area contributed by atoms with Gasteiger partial charge in [0.25, 0.3) is 0 Å². The molecule has 0 spiro atoms. The first-order chi connectivity index (χ1) is 12.2. The van der Waals surface area contributed by atoms with Gasteiger partial charge in [0, 0.05) is 11.1 Å². The van der Waals surface area contributed by atoms with Gasteiger partial charge in [-0.2, -0.15) is 0 Å². The van der Waals surface area contributed by atoms with Crippen LogP contribution in [0.5, 0.6) is 11.5 Å². The molecule has 1 heterocycles. The van der Waals surface area contributed by atoms with Crippen molar-refractivity contribution in [3.63, 3.8) is 0 Å². The van der Waals surface area contributed by atoms with E-state index in [0.717, 1.165) is 22.3 Å². The molecule has 0 unspecified atom stereocenters. The predicted octanol–water partition coefficient (Wildman–Crippen LogP) is 4.13. The molecule has 0 bridgehead atoms. The summed E-state index contributed by atoms with van der Waals surface area (Å²) in [5.74, 6) is 0.479. The third-order valence-corrected chi connectivity index (χ3v) is 4.64. The van der Waals surface area contributed by atoms with Crippen LogP contribution in [0.15, 0.2) is 60.7 Å². The molecule has 0 fully saturated rings. The Kier molecular flexibility index (Phi) is 2.82. The Bertz CT molecular complexity index is 1070. The summed E-state index contributed by atoms with van der Waals surface area (Å²) >= 11 is 0. The molecule has 0 atom stereocenters. The summed E-state index contributed by atoms with van der Waals surface area (Å²) in [6.07, 6.45) is 0. The normalized spacial score (nSPS) is 14.2. The number of carbonyl (C=O) groups is 2. The molecular formula is C21H12O4. The topological polar surface area (TPSA) is 52.6 Å². The van der Waals surface area contributed by atoms with Crippen LogP contribution in [0.1, 0.15) is 20.7 Å². The monoisotopic (exact) mass is 328 g/mol. The molecule has 5 rings (SSSR count). The fraction of sp³-hybridized carbons (Fsp3) is 0.0476. The predicted molar refractivity (Wildman–Crippen MR) is 92.1 cm³/mol. The molecule has 4 nitrogen and oxygen atoms in total. The van der Waals surface area contributed by atoms with Crippen LogP contribution in [-0.4, -0.2) is 18.4 Å². The third kappa shape index (κ3) is 2.01. The van der Waals surface area contributed by atoms with Crippen molar-refractivity contribution in [3.8, 4) is 33.8 Å². The molecule has 1 aliphatic heterocycles. The second-order valence-corrected chi connectivity index (χ2v) is 6.03. The minimum atomic E-state index is -0.462. The molecule has 0 saturated heterocycles. The van der Waals surface area contributed by atoms with Gasteiger partial charge in [-0.05, 0) is 40.5 Å². The van der Waals surface area contributed by atoms with Crippen molar-refractivity contribution < 1.29 is 19.1 Å². The van der Waals surface area contributed by atoms with Gasteiger partial charge in [-0.3, -0.25) is 9.59 Å². The van der Waals surface area contributed by atoms with Crippen molar-refractivity contribution >= 4 is 11.6 Å². The van der Waals surface area contributed by atoms with E-state index < -0.39 is 11.6 Å². The standard InChI is InChI=1S/C21H12O4/c22-20-16-4-2-1-3-14(16)15-7-5-12(9-17(15)21(20)23)13-6-8-18-19(10-13)25-11-24-18/h1-10H,11H2. The van der Waals surface area contributed by atoms with Crippen molar-refractivity contribution in [2.75, 3.05) is 6.79 Å². The van der Waals surface area contributed by atoms with E-state index in [-0.39, 0.29) is 6.79 Å². The van der Waals surface area contributed by atoms with Crippen LogP contribution in [0.2, 0.25) is 0 Å². The van der Waals surface area contributed by atoms with Gasteiger partial charge in [0.05, 0.1) is 0 Å². The SMILES string of the molecule is O=C1C(=O)c2cc(-c3ccc4c(c3)OCO4)ccc2-c2ccccc21. The number of ketones is 2. The maximum atomic E-state index is 12.6. The van der Waals surface area contributed by atoms with Crippen LogP contribution >= 0.6 is 0 Å². The zero-order chi connectivity index (χ0) is 17.0. The van der Waals surface area contributed by atoms with Gasteiger partial charge >= 0.3 is 0 Å². The number of fused-ring (bicyclic) bond motifs is 4. The van der Waals surface area contributed by atoms with Gasteiger partial charge in [0.15, 0.2) is 11.5 Å². The number of ether oxygens (including phenoxy) is 2. The first kappa shape index (κ1) is 14.0. The van der Waals surface area contributed by atoms with Gasteiger partial charge in [0.2, 0.25) is 18.4 Å². The van der Waals surface area contributed by atoms with Gasteiger partial charge in [-0.1, -0.05) is 42.5 Å². The summed E-state index contributed by atoms with van der Waals surface area (Å²) < 4.78 is 10.7. The van der Waals surface area contributed by atoms with Crippen LogP contribution in [0.25, 0.3) is 22.3 Å². The first-order valence-corrected chi connectivity index (χ1v) is 7.95. The largest absolute Gasteiger partial charge is 0.454 e. The Hall–Kier alpha value is -3.40. The maximum Gasteiger partial charge on any atom is 0.234 e. The van der Waals surface area contributed by atoms with E-state index in [1.54, 1.807) is 18.2 Å². The average molecular weight is 328 g/mol. The molecule has 120 valence electrons. The Morgan fingerprint density at radius 1 is 0.600 bits per heavy atom. The Morgan fingerprint density at radius 2 is 1.24 bits per heavy atom. The molecule has 0 radical (unpaired) electrons. The summed E-state index contributed by atoms with van der Waals surface area (Å²) in [7, 11) is 0. The van der Waals surface area contributed by atoms with E-state index in [0.29, 0.717) is 22.6 Å². The highest BCUT2D eigenvalue weighted by Crippen LogP contribution is 2.39. The van der Waals surface area contributed by atoms with Crippen LogP contribution in [0, 0.1) is 0 Å². The van der Waals surface area contributed by atoms with Gasteiger partial charge in [-0.15, -0.1) is 0 Å². The number of Topliss-reactive ketones (excluding diaryl/α,β-unsaturated/α-hetero) is 2. The molecule has 1 aliphatic carbocycles. The van der Waals surface area contributed by atoms with Crippen molar-refractivity contribution in [2.24, 2.45) is 0 Å². The molecular weight excluding hydrogens is 316 g/mol. The van der Waals surface area contributed by atoms with E-state index in [4.69, 9.17) is 9.47 Å². The lowest BCUT2D eigenvalue weighted by molar-refractivity contribution is 0.0815. The van der Waals surface area contributed by atoms with Crippen molar-refractivity contribution in [2.45, 2.75) is 0 Å². The van der Waals surface area contributed by atoms with Crippen LogP contribution in [0.3, 0.4) is 0 Å². The highest BCUT2D eigenvalue weighted by molar-refractivity contribution is 6.53. The lowest BCUT2D eigenvalue weighted by Gasteiger charge is -2.18. The number of hydrogen-bond donors (Lipinski definition) is 0. The number of hydrogen-bond acceptors (Lipinski definition) is 4. The van der Waals surface area contributed by atoms with Crippen molar-refractivity contribution in [3.05, 3.63) is 71.8 Å². The van der Waals surface area contributed by atoms with E-state index in [2.05, 4.69) is 0 Å². The smallest absolute Gasteiger partial charge is 0.234 e. The Balaban J connectivity index is 1.68. The molecule has 0 aromatic heterocycles. The molecule has 2 aliphatic rings. The molecule has 0 saturated carbocycles. The van der Waals surface area contributed by atoms with Gasteiger partial charge < -0.3 is 9.47 Å². The van der Waals surface area contributed by atoms with E-state index in [9.17, 15) is 9.59 Å². The maximum absolute atomic E-state index is 12.6.